The standard InChI is InChI=1S/C27H31FN4O3/c1-16-5-6-18(13-20(16)28)25(33)31-9-11-32(12-10-31)26(34)19-14-21(17-7-8-17)29-24-23(19)22(30-35-24)15-27(2,3)4/h5-6,13-14,17H,7-12,15H2,1-4H3. The van der Waals surface area contributed by atoms with Crippen LogP contribution in [-0.2, 0) is 6.42 Å². The fourth-order valence-electron chi connectivity index (χ4n) is 4.60. The maximum Gasteiger partial charge on any atom is 0.259 e. The normalized spacial score (nSPS) is 16.7. The van der Waals surface area contributed by atoms with Gasteiger partial charge in [0.1, 0.15) is 5.82 Å². The van der Waals surface area contributed by atoms with Gasteiger partial charge in [0, 0.05) is 43.4 Å². The summed E-state index contributed by atoms with van der Waals surface area (Å²) in [4.78, 5) is 34.7. The largest absolute Gasteiger partial charge is 0.336 e. The molecule has 0 atom stereocenters. The van der Waals surface area contributed by atoms with Gasteiger partial charge in [0.05, 0.1) is 16.6 Å². The van der Waals surface area contributed by atoms with E-state index in [4.69, 9.17) is 4.52 Å². The average Bonchev–Trinajstić information content (AvgIpc) is 3.60. The SMILES string of the molecule is Cc1ccc(C(=O)N2CCN(C(=O)c3cc(C4CC4)nc4onc(CC(C)(C)C)c34)CC2)cc1F. The first kappa shape index (κ1) is 23.5. The van der Waals surface area contributed by atoms with Crippen molar-refractivity contribution in [3.05, 3.63) is 58.2 Å². The number of hydrogen-bond donors (Lipinski definition) is 0. The summed E-state index contributed by atoms with van der Waals surface area (Å²) in [6, 6.07) is 6.46. The lowest BCUT2D eigenvalue weighted by atomic mass is 9.89. The van der Waals surface area contributed by atoms with Gasteiger partial charge in [0.25, 0.3) is 17.5 Å². The lowest BCUT2D eigenvalue weighted by Crippen LogP contribution is -2.50. The van der Waals surface area contributed by atoms with E-state index in [1.54, 1.807) is 28.9 Å². The summed E-state index contributed by atoms with van der Waals surface area (Å²) in [5.74, 6) is -0.333. The number of nitrogens with zero attached hydrogens (tertiary/aromatic N) is 4. The number of carbonyl (C=O) groups excluding carboxylic acids is 2. The number of rotatable bonds is 4. The number of benzene rings is 1. The summed E-state index contributed by atoms with van der Waals surface area (Å²) in [6.45, 7) is 9.62. The second-order valence-corrected chi connectivity index (χ2v) is 11.0. The molecule has 1 aliphatic carbocycles. The van der Waals surface area contributed by atoms with Gasteiger partial charge in [-0.2, -0.15) is 0 Å². The maximum absolute atomic E-state index is 14.0. The van der Waals surface area contributed by atoms with E-state index in [2.05, 4.69) is 30.9 Å². The maximum atomic E-state index is 14.0. The summed E-state index contributed by atoms with van der Waals surface area (Å²) in [5.41, 5.74) is 3.45. The van der Waals surface area contributed by atoms with Gasteiger partial charge < -0.3 is 14.3 Å². The van der Waals surface area contributed by atoms with Gasteiger partial charge in [-0.3, -0.25) is 9.59 Å². The summed E-state index contributed by atoms with van der Waals surface area (Å²) >= 11 is 0. The fraction of sp³-hybridized carbons (Fsp3) is 0.481. The van der Waals surface area contributed by atoms with Crippen LogP contribution < -0.4 is 0 Å². The zero-order valence-corrected chi connectivity index (χ0v) is 20.7. The van der Waals surface area contributed by atoms with E-state index < -0.39 is 5.82 Å². The molecule has 0 unspecified atom stereocenters. The van der Waals surface area contributed by atoms with Gasteiger partial charge in [0.2, 0.25) is 0 Å². The van der Waals surface area contributed by atoms with Crippen molar-refractivity contribution in [3.8, 4) is 0 Å². The molecule has 8 heteroatoms. The van der Waals surface area contributed by atoms with Crippen LogP contribution in [0.4, 0.5) is 4.39 Å². The van der Waals surface area contributed by atoms with Crippen molar-refractivity contribution >= 4 is 22.9 Å². The summed E-state index contributed by atoms with van der Waals surface area (Å²) in [5, 5.41) is 4.98. The molecule has 0 spiro atoms. The Bertz CT molecular complexity index is 1300. The van der Waals surface area contributed by atoms with Crippen LogP contribution in [0.3, 0.4) is 0 Å². The molecule has 0 N–H and O–H groups in total. The van der Waals surface area contributed by atoms with Crippen LogP contribution in [0.25, 0.3) is 11.1 Å². The molecule has 1 aromatic carbocycles. The van der Waals surface area contributed by atoms with Crippen LogP contribution in [0.5, 0.6) is 0 Å². The predicted molar refractivity (Wildman–Crippen MR) is 130 cm³/mol. The topological polar surface area (TPSA) is 79.5 Å². The van der Waals surface area contributed by atoms with E-state index in [0.29, 0.717) is 66.3 Å². The van der Waals surface area contributed by atoms with Gasteiger partial charge >= 0.3 is 0 Å². The molecular formula is C27H31FN4O3. The Kier molecular flexibility index (Phi) is 5.85. The second kappa shape index (κ2) is 8.73. The van der Waals surface area contributed by atoms with Gasteiger partial charge in [-0.05, 0) is 55.4 Å². The van der Waals surface area contributed by atoms with Crippen molar-refractivity contribution in [2.75, 3.05) is 26.2 Å². The minimum atomic E-state index is -0.391. The molecule has 2 aromatic heterocycles. The Morgan fingerprint density at radius 3 is 2.31 bits per heavy atom. The molecule has 1 saturated heterocycles. The molecule has 3 aromatic rings. The van der Waals surface area contributed by atoms with E-state index >= 15 is 0 Å². The van der Waals surface area contributed by atoms with Gasteiger partial charge in [-0.25, -0.2) is 9.37 Å². The van der Waals surface area contributed by atoms with Crippen LogP contribution >= 0.6 is 0 Å². The van der Waals surface area contributed by atoms with Crippen molar-refractivity contribution in [1.29, 1.82) is 0 Å². The molecule has 35 heavy (non-hydrogen) atoms. The molecule has 5 rings (SSSR count). The summed E-state index contributed by atoms with van der Waals surface area (Å²) in [7, 11) is 0. The number of fused-ring (bicyclic) bond motifs is 1. The van der Waals surface area contributed by atoms with Gasteiger partial charge in [-0.1, -0.05) is 32.0 Å². The minimum Gasteiger partial charge on any atom is -0.336 e. The summed E-state index contributed by atoms with van der Waals surface area (Å²) < 4.78 is 19.5. The van der Waals surface area contributed by atoms with E-state index in [1.807, 2.05) is 6.07 Å². The van der Waals surface area contributed by atoms with E-state index in [0.717, 1.165) is 24.2 Å². The molecular weight excluding hydrogens is 447 g/mol. The molecule has 0 radical (unpaired) electrons. The number of carbonyl (C=O) groups is 2. The van der Waals surface area contributed by atoms with Crippen LogP contribution in [0, 0.1) is 18.2 Å². The van der Waals surface area contributed by atoms with E-state index in [1.165, 1.54) is 6.07 Å². The van der Waals surface area contributed by atoms with Crippen LogP contribution in [0.15, 0.2) is 28.8 Å². The van der Waals surface area contributed by atoms with E-state index in [9.17, 15) is 14.0 Å². The predicted octanol–water partition coefficient (Wildman–Crippen LogP) is 4.73. The molecule has 184 valence electrons. The van der Waals surface area contributed by atoms with Gasteiger partial charge in [0.15, 0.2) is 0 Å². The molecule has 1 aliphatic heterocycles. The molecule has 1 saturated carbocycles. The molecule has 2 fully saturated rings. The number of hydrogen-bond acceptors (Lipinski definition) is 5. The fourth-order valence-corrected chi connectivity index (χ4v) is 4.60. The van der Waals surface area contributed by atoms with Crippen molar-refractivity contribution in [1.82, 2.24) is 19.9 Å². The Hall–Kier alpha value is -3.29. The zero-order chi connectivity index (χ0) is 24.9. The highest BCUT2D eigenvalue weighted by Crippen LogP contribution is 2.41. The first-order valence-electron chi connectivity index (χ1n) is 12.2. The Balaban J connectivity index is 1.38. The lowest BCUT2D eigenvalue weighted by molar-refractivity contribution is 0.0536. The molecule has 2 amide bonds. The highest BCUT2D eigenvalue weighted by atomic mass is 19.1. The monoisotopic (exact) mass is 478 g/mol. The number of pyridine rings is 1. The number of halogens is 1. The minimum absolute atomic E-state index is 0.0271. The first-order chi connectivity index (χ1) is 16.6. The molecule has 3 heterocycles. The number of aryl methyl sites for hydroxylation is 1. The van der Waals surface area contributed by atoms with Crippen LogP contribution in [0.2, 0.25) is 0 Å². The number of piperazine rings is 1. The molecule has 2 aliphatic rings. The van der Waals surface area contributed by atoms with E-state index in [-0.39, 0.29) is 17.2 Å². The number of aromatic nitrogens is 2. The molecule has 0 bridgehead atoms. The van der Waals surface area contributed by atoms with Crippen molar-refractivity contribution in [3.63, 3.8) is 0 Å². The summed E-state index contributed by atoms with van der Waals surface area (Å²) in [6.07, 6.45) is 2.80. The highest BCUT2D eigenvalue weighted by Gasteiger charge is 2.32. The van der Waals surface area contributed by atoms with Crippen LogP contribution in [0.1, 0.15) is 77.2 Å². The van der Waals surface area contributed by atoms with Crippen molar-refractivity contribution in [2.45, 2.75) is 52.9 Å². The molecule has 7 nitrogen and oxygen atoms in total. The van der Waals surface area contributed by atoms with Crippen molar-refractivity contribution < 1.29 is 18.5 Å². The Labute approximate surface area is 204 Å². The van der Waals surface area contributed by atoms with Crippen molar-refractivity contribution in [2.24, 2.45) is 5.41 Å². The smallest absolute Gasteiger partial charge is 0.259 e. The Morgan fingerprint density at radius 1 is 1.06 bits per heavy atom. The third-order valence-corrected chi connectivity index (χ3v) is 6.73. The Morgan fingerprint density at radius 2 is 1.71 bits per heavy atom. The quantitative estimate of drug-likeness (QED) is 0.541. The van der Waals surface area contributed by atoms with Crippen LogP contribution in [-0.4, -0.2) is 57.9 Å². The highest BCUT2D eigenvalue weighted by molar-refractivity contribution is 6.06. The third-order valence-electron chi connectivity index (χ3n) is 6.73. The second-order valence-electron chi connectivity index (χ2n) is 11.0. The third kappa shape index (κ3) is 4.79. The average molecular weight is 479 g/mol. The van der Waals surface area contributed by atoms with Gasteiger partial charge in [-0.15, -0.1) is 0 Å². The first-order valence-corrected chi connectivity index (χ1v) is 12.2. The number of amides is 2. The zero-order valence-electron chi connectivity index (χ0n) is 20.7. The lowest BCUT2D eigenvalue weighted by Gasteiger charge is -2.35.